The van der Waals surface area contributed by atoms with E-state index >= 15 is 0 Å². The number of aryl methyl sites for hydroxylation is 1. The first-order valence-corrected chi connectivity index (χ1v) is 6.10. The molecule has 7 nitrogen and oxygen atoms in total. The summed E-state index contributed by atoms with van der Waals surface area (Å²) in [6.07, 6.45) is 1.77. The van der Waals surface area contributed by atoms with E-state index in [1.54, 1.807) is 6.07 Å². The summed E-state index contributed by atoms with van der Waals surface area (Å²) >= 11 is 5.95. The maximum atomic E-state index is 5.95. The van der Waals surface area contributed by atoms with Gasteiger partial charge in [-0.25, -0.2) is 9.97 Å². The van der Waals surface area contributed by atoms with Gasteiger partial charge in [-0.2, -0.15) is 5.21 Å². The summed E-state index contributed by atoms with van der Waals surface area (Å²) in [5.41, 5.74) is 0. The molecule has 2 heterocycles. The molecule has 2 rings (SSSR count). The van der Waals surface area contributed by atoms with E-state index in [0.717, 1.165) is 18.7 Å². The van der Waals surface area contributed by atoms with E-state index in [1.165, 1.54) is 0 Å². The van der Waals surface area contributed by atoms with Crippen molar-refractivity contribution < 1.29 is 0 Å². The summed E-state index contributed by atoms with van der Waals surface area (Å²) in [6, 6.07) is 1.57. The van der Waals surface area contributed by atoms with Crippen molar-refractivity contribution in [3.8, 4) is 0 Å². The van der Waals surface area contributed by atoms with Gasteiger partial charge in [-0.15, -0.1) is 10.2 Å². The number of H-pyrrole nitrogens is 1. The highest BCUT2D eigenvalue weighted by atomic mass is 35.5. The molecule has 8 heteroatoms. The third kappa shape index (κ3) is 3.13. The highest BCUT2D eigenvalue weighted by Crippen LogP contribution is 2.17. The van der Waals surface area contributed by atoms with Crippen molar-refractivity contribution in [1.29, 1.82) is 0 Å². The van der Waals surface area contributed by atoms with Gasteiger partial charge in [0.2, 0.25) is 0 Å². The molecule has 2 aromatic heterocycles. The molecule has 0 saturated heterocycles. The molecule has 0 spiro atoms. The molecule has 0 fully saturated rings. The summed E-state index contributed by atoms with van der Waals surface area (Å²) in [5.74, 6) is 1.96. The van der Waals surface area contributed by atoms with E-state index in [-0.39, 0.29) is 6.04 Å². The van der Waals surface area contributed by atoms with Crippen LogP contribution in [0.5, 0.6) is 0 Å². The largest absolute Gasteiger partial charge is 0.360 e. The van der Waals surface area contributed by atoms with Gasteiger partial charge in [0.1, 0.15) is 16.8 Å². The van der Waals surface area contributed by atoms with Gasteiger partial charge >= 0.3 is 0 Å². The molecule has 1 unspecified atom stereocenters. The number of rotatable bonds is 5. The second-order valence-electron chi connectivity index (χ2n) is 3.88. The summed E-state index contributed by atoms with van der Waals surface area (Å²) in [5, 5.41) is 17.3. The Labute approximate surface area is 109 Å². The van der Waals surface area contributed by atoms with Crippen LogP contribution in [0.4, 0.5) is 5.82 Å². The van der Waals surface area contributed by atoms with Crippen LogP contribution in [0.25, 0.3) is 0 Å². The van der Waals surface area contributed by atoms with Gasteiger partial charge in [0.15, 0.2) is 5.82 Å². The Kier molecular flexibility index (Phi) is 4.03. The van der Waals surface area contributed by atoms with Gasteiger partial charge in [-0.3, -0.25) is 0 Å². The van der Waals surface area contributed by atoms with E-state index in [1.807, 2.05) is 6.92 Å². The number of nitrogens with zero attached hydrogens (tertiary/aromatic N) is 5. The van der Waals surface area contributed by atoms with Crippen LogP contribution in [0.3, 0.4) is 0 Å². The fourth-order valence-electron chi connectivity index (χ4n) is 1.51. The fourth-order valence-corrected chi connectivity index (χ4v) is 1.71. The van der Waals surface area contributed by atoms with Crippen molar-refractivity contribution in [2.24, 2.45) is 0 Å². The molecule has 0 aromatic carbocycles. The van der Waals surface area contributed by atoms with E-state index in [9.17, 15) is 0 Å². The highest BCUT2D eigenvalue weighted by Gasteiger charge is 2.11. The number of anilines is 1. The second-order valence-corrected chi connectivity index (χ2v) is 4.27. The van der Waals surface area contributed by atoms with Crippen molar-refractivity contribution in [3.63, 3.8) is 0 Å². The van der Waals surface area contributed by atoms with Gasteiger partial charge in [-0.1, -0.05) is 23.7 Å². The van der Waals surface area contributed by atoms with Crippen molar-refractivity contribution in [2.45, 2.75) is 32.7 Å². The van der Waals surface area contributed by atoms with Crippen LogP contribution in [-0.2, 0) is 6.42 Å². The van der Waals surface area contributed by atoms with E-state index in [2.05, 4.69) is 42.8 Å². The lowest BCUT2D eigenvalue weighted by molar-refractivity contribution is 0.777. The van der Waals surface area contributed by atoms with Crippen molar-refractivity contribution >= 4 is 17.4 Å². The third-order valence-corrected chi connectivity index (χ3v) is 2.52. The Balaban J connectivity index is 2.13. The van der Waals surface area contributed by atoms with Gasteiger partial charge in [0.25, 0.3) is 0 Å². The zero-order valence-corrected chi connectivity index (χ0v) is 10.9. The van der Waals surface area contributed by atoms with Gasteiger partial charge < -0.3 is 5.32 Å². The molecular weight excluding hydrogens is 254 g/mol. The lowest BCUT2D eigenvalue weighted by Gasteiger charge is -2.11. The van der Waals surface area contributed by atoms with E-state index < -0.39 is 0 Å². The van der Waals surface area contributed by atoms with Crippen molar-refractivity contribution in [3.05, 3.63) is 22.9 Å². The SMILES string of the molecule is CCCc1nc(Cl)cc(NC(C)c2nn[nH]n2)n1. The molecule has 18 heavy (non-hydrogen) atoms. The molecule has 0 aliphatic rings. The zero-order chi connectivity index (χ0) is 13.0. The number of halogens is 1. The Morgan fingerprint density at radius 1 is 1.44 bits per heavy atom. The quantitative estimate of drug-likeness (QED) is 0.802. The Bertz CT molecular complexity index is 499. The Morgan fingerprint density at radius 3 is 2.94 bits per heavy atom. The van der Waals surface area contributed by atoms with E-state index in [0.29, 0.717) is 16.8 Å². The van der Waals surface area contributed by atoms with Gasteiger partial charge in [-0.05, 0) is 13.3 Å². The number of nitrogens with one attached hydrogen (secondary N) is 2. The molecule has 0 radical (unpaired) electrons. The topological polar surface area (TPSA) is 92.3 Å². The minimum Gasteiger partial charge on any atom is -0.360 e. The Hall–Kier alpha value is -1.76. The number of hydrogen-bond donors (Lipinski definition) is 2. The summed E-state index contributed by atoms with van der Waals surface area (Å²) < 4.78 is 0. The molecule has 0 bridgehead atoms. The van der Waals surface area contributed by atoms with Crippen LogP contribution < -0.4 is 5.32 Å². The lowest BCUT2D eigenvalue weighted by atomic mass is 10.3. The predicted molar refractivity (Wildman–Crippen MR) is 67.3 cm³/mol. The van der Waals surface area contributed by atoms with Gasteiger partial charge in [0.05, 0.1) is 6.04 Å². The number of tetrazole rings is 1. The molecule has 2 N–H and O–H groups in total. The molecule has 0 aliphatic carbocycles. The lowest BCUT2D eigenvalue weighted by Crippen LogP contribution is -2.11. The summed E-state index contributed by atoms with van der Waals surface area (Å²) in [4.78, 5) is 8.54. The zero-order valence-electron chi connectivity index (χ0n) is 10.2. The maximum absolute atomic E-state index is 5.95. The minimum absolute atomic E-state index is 0.107. The normalized spacial score (nSPS) is 12.4. The number of aromatic amines is 1. The van der Waals surface area contributed by atoms with Crippen LogP contribution in [-0.4, -0.2) is 30.6 Å². The molecule has 96 valence electrons. The van der Waals surface area contributed by atoms with Gasteiger partial charge in [0, 0.05) is 12.5 Å². The molecule has 0 amide bonds. The average molecular weight is 268 g/mol. The average Bonchev–Trinajstić information content (AvgIpc) is 2.81. The van der Waals surface area contributed by atoms with Crippen LogP contribution in [0, 0.1) is 0 Å². The van der Waals surface area contributed by atoms with Crippen LogP contribution in [0.15, 0.2) is 6.07 Å². The summed E-state index contributed by atoms with van der Waals surface area (Å²) in [6.45, 7) is 3.99. The smallest absolute Gasteiger partial charge is 0.196 e. The fraction of sp³-hybridized carbons (Fsp3) is 0.500. The second kappa shape index (κ2) is 5.72. The monoisotopic (exact) mass is 267 g/mol. The van der Waals surface area contributed by atoms with Crippen molar-refractivity contribution in [2.75, 3.05) is 5.32 Å². The molecule has 1 atom stereocenters. The number of aromatic nitrogens is 6. The first kappa shape index (κ1) is 12.7. The predicted octanol–water partition coefficient (Wildman–Crippen LogP) is 1.77. The molecule has 2 aromatic rings. The number of hydrogen-bond acceptors (Lipinski definition) is 6. The molecular formula is C10H14ClN7. The first-order chi connectivity index (χ1) is 8.69. The van der Waals surface area contributed by atoms with E-state index in [4.69, 9.17) is 11.6 Å². The first-order valence-electron chi connectivity index (χ1n) is 5.72. The van der Waals surface area contributed by atoms with Crippen LogP contribution in [0.1, 0.15) is 38.0 Å². The summed E-state index contributed by atoms with van der Waals surface area (Å²) in [7, 11) is 0. The molecule has 0 aliphatic heterocycles. The Morgan fingerprint density at radius 2 is 2.28 bits per heavy atom. The van der Waals surface area contributed by atoms with Crippen LogP contribution in [0.2, 0.25) is 5.15 Å². The third-order valence-electron chi connectivity index (χ3n) is 2.33. The minimum atomic E-state index is -0.107. The van der Waals surface area contributed by atoms with Crippen molar-refractivity contribution in [1.82, 2.24) is 30.6 Å². The standard InChI is InChI=1S/C10H14ClN7/c1-3-4-8-13-7(11)5-9(14-8)12-6(2)10-15-17-18-16-10/h5-6H,3-4H2,1-2H3,(H,12,13,14)(H,15,16,17,18). The molecule has 0 saturated carbocycles. The highest BCUT2D eigenvalue weighted by molar-refractivity contribution is 6.29. The van der Waals surface area contributed by atoms with Crippen LogP contribution >= 0.6 is 11.6 Å². The maximum Gasteiger partial charge on any atom is 0.196 e.